The lowest BCUT2D eigenvalue weighted by atomic mass is 9.88. The first-order valence-electron chi connectivity index (χ1n) is 10.6. The number of benzene rings is 1. The first-order valence-corrected chi connectivity index (χ1v) is 11.4. The SMILES string of the molecule is CCOc1ccc(/C=C/C(=O)Nc2sc3c(c2C(=O)OC)CCC(C)C3)cc1OCC. The Morgan fingerprint density at radius 2 is 1.94 bits per heavy atom. The van der Waals surface area contributed by atoms with Crippen LogP contribution in [-0.2, 0) is 22.4 Å². The minimum Gasteiger partial charge on any atom is -0.490 e. The van der Waals surface area contributed by atoms with E-state index in [0.29, 0.717) is 41.2 Å². The third-order valence-electron chi connectivity index (χ3n) is 5.13. The molecule has 1 aromatic heterocycles. The van der Waals surface area contributed by atoms with Gasteiger partial charge in [0.15, 0.2) is 11.5 Å². The fourth-order valence-electron chi connectivity index (χ4n) is 3.65. The summed E-state index contributed by atoms with van der Waals surface area (Å²) < 4.78 is 16.2. The zero-order chi connectivity index (χ0) is 22.4. The molecule has 1 aromatic carbocycles. The van der Waals surface area contributed by atoms with Crippen LogP contribution in [0.1, 0.15) is 53.6 Å². The van der Waals surface area contributed by atoms with Gasteiger partial charge >= 0.3 is 5.97 Å². The van der Waals surface area contributed by atoms with Crippen LogP contribution in [0.2, 0.25) is 0 Å². The van der Waals surface area contributed by atoms with E-state index in [1.54, 1.807) is 6.08 Å². The molecule has 0 spiro atoms. The van der Waals surface area contributed by atoms with Gasteiger partial charge < -0.3 is 19.5 Å². The Morgan fingerprint density at radius 1 is 1.19 bits per heavy atom. The summed E-state index contributed by atoms with van der Waals surface area (Å²) in [5.41, 5.74) is 2.33. The Morgan fingerprint density at radius 3 is 2.65 bits per heavy atom. The summed E-state index contributed by atoms with van der Waals surface area (Å²) in [6.07, 6.45) is 5.94. The highest BCUT2D eigenvalue weighted by Crippen LogP contribution is 2.40. The van der Waals surface area contributed by atoms with E-state index < -0.39 is 5.97 Å². The number of rotatable bonds is 8. The van der Waals surface area contributed by atoms with Gasteiger partial charge in [-0.1, -0.05) is 13.0 Å². The summed E-state index contributed by atoms with van der Waals surface area (Å²) in [6.45, 7) is 7.09. The molecule has 1 aliphatic rings. The lowest BCUT2D eigenvalue weighted by Crippen LogP contribution is -2.14. The van der Waals surface area contributed by atoms with Crippen molar-refractivity contribution in [2.45, 2.75) is 40.0 Å². The standard InChI is InChI=1S/C24H29NO5S/c1-5-29-18-11-8-16(14-19(18)30-6-2)9-12-21(26)25-23-22(24(27)28-4)17-10-7-15(3)13-20(17)31-23/h8-9,11-12,14-15H,5-7,10,13H2,1-4H3,(H,25,26)/b12-9+. The molecular formula is C24H29NO5S. The second-order valence-electron chi connectivity index (χ2n) is 7.44. The van der Waals surface area contributed by atoms with Gasteiger partial charge in [-0.05, 0) is 68.4 Å². The summed E-state index contributed by atoms with van der Waals surface area (Å²) in [4.78, 5) is 26.1. The van der Waals surface area contributed by atoms with Crippen molar-refractivity contribution in [1.82, 2.24) is 0 Å². The zero-order valence-corrected chi connectivity index (χ0v) is 19.3. The van der Waals surface area contributed by atoms with Crippen LogP contribution in [0.5, 0.6) is 11.5 Å². The predicted molar refractivity (Wildman–Crippen MR) is 123 cm³/mol. The van der Waals surface area contributed by atoms with Crippen LogP contribution in [0.25, 0.3) is 6.08 Å². The van der Waals surface area contributed by atoms with Gasteiger partial charge in [-0.25, -0.2) is 4.79 Å². The number of ether oxygens (including phenoxy) is 3. The zero-order valence-electron chi connectivity index (χ0n) is 18.4. The Hall–Kier alpha value is -2.80. The number of carbonyl (C=O) groups excluding carboxylic acids is 2. The van der Waals surface area contributed by atoms with Crippen molar-refractivity contribution in [1.29, 1.82) is 0 Å². The number of anilines is 1. The van der Waals surface area contributed by atoms with Crippen molar-refractivity contribution in [2.75, 3.05) is 25.6 Å². The number of methoxy groups -OCH3 is 1. The van der Waals surface area contributed by atoms with E-state index >= 15 is 0 Å². The number of nitrogens with one attached hydrogen (secondary N) is 1. The molecule has 0 saturated carbocycles. The Labute approximate surface area is 187 Å². The lowest BCUT2D eigenvalue weighted by molar-refractivity contribution is -0.111. The van der Waals surface area contributed by atoms with Crippen molar-refractivity contribution in [2.24, 2.45) is 5.92 Å². The first kappa shape index (κ1) is 22.9. The molecule has 2 aromatic rings. The van der Waals surface area contributed by atoms with E-state index in [4.69, 9.17) is 14.2 Å². The molecule has 0 bridgehead atoms. The van der Waals surface area contributed by atoms with E-state index in [2.05, 4.69) is 12.2 Å². The van der Waals surface area contributed by atoms with E-state index in [-0.39, 0.29) is 5.91 Å². The highest BCUT2D eigenvalue weighted by molar-refractivity contribution is 7.17. The Balaban J connectivity index is 1.78. The van der Waals surface area contributed by atoms with Crippen LogP contribution < -0.4 is 14.8 Å². The second kappa shape index (κ2) is 10.5. The molecule has 1 N–H and O–H groups in total. The molecule has 3 rings (SSSR count). The minimum absolute atomic E-state index is 0.302. The van der Waals surface area contributed by atoms with Crippen molar-refractivity contribution < 1.29 is 23.8 Å². The van der Waals surface area contributed by atoms with Crippen molar-refractivity contribution in [3.05, 3.63) is 45.8 Å². The fourth-order valence-corrected chi connectivity index (χ4v) is 5.06. The molecule has 0 fully saturated rings. The Kier molecular flexibility index (Phi) is 7.74. The number of hydrogen-bond donors (Lipinski definition) is 1. The predicted octanol–water partition coefficient (Wildman–Crippen LogP) is 5.11. The average Bonchev–Trinajstić information content (AvgIpc) is 3.10. The molecule has 0 radical (unpaired) electrons. The van der Waals surface area contributed by atoms with Crippen LogP contribution >= 0.6 is 11.3 Å². The topological polar surface area (TPSA) is 73.9 Å². The number of amides is 1. The molecule has 1 heterocycles. The van der Waals surface area contributed by atoms with Crippen molar-refractivity contribution >= 4 is 34.3 Å². The summed E-state index contributed by atoms with van der Waals surface area (Å²) in [5.74, 6) is 1.18. The molecule has 166 valence electrons. The van der Waals surface area contributed by atoms with Gasteiger partial charge in [0.1, 0.15) is 5.00 Å². The number of thiophene rings is 1. The molecule has 1 aliphatic carbocycles. The van der Waals surface area contributed by atoms with Gasteiger partial charge in [0.25, 0.3) is 0 Å². The fraction of sp³-hybridized carbons (Fsp3) is 0.417. The van der Waals surface area contributed by atoms with E-state index in [9.17, 15) is 9.59 Å². The molecule has 7 heteroatoms. The number of esters is 1. The molecule has 6 nitrogen and oxygen atoms in total. The lowest BCUT2D eigenvalue weighted by Gasteiger charge is -2.18. The Bertz CT molecular complexity index is 979. The summed E-state index contributed by atoms with van der Waals surface area (Å²) in [7, 11) is 1.37. The quantitative estimate of drug-likeness (QED) is 0.453. The van der Waals surface area contributed by atoms with Crippen LogP contribution in [0.15, 0.2) is 24.3 Å². The van der Waals surface area contributed by atoms with Crippen molar-refractivity contribution in [3.8, 4) is 11.5 Å². The van der Waals surface area contributed by atoms with Gasteiger partial charge in [0, 0.05) is 11.0 Å². The third kappa shape index (κ3) is 5.47. The van der Waals surface area contributed by atoms with Crippen LogP contribution in [0.4, 0.5) is 5.00 Å². The van der Waals surface area contributed by atoms with Crippen molar-refractivity contribution in [3.63, 3.8) is 0 Å². The van der Waals surface area contributed by atoms with Gasteiger partial charge in [-0.15, -0.1) is 11.3 Å². The van der Waals surface area contributed by atoms with Crippen LogP contribution in [-0.4, -0.2) is 32.2 Å². The monoisotopic (exact) mass is 443 g/mol. The normalized spacial score (nSPS) is 15.4. The molecule has 0 saturated heterocycles. The van der Waals surface area contributed by atoms with E-state index in [1.807, 2.05) is 32.0 Å². The smallest absolute Gasteiger partial charge is 0.341 e. The maximum absolute atomic E-state index is 12.6. The summed E-state index contributed by atoms with van der Waals surface area (Å²) in [5, 5.41) is 3.43. The van der Waals surface area contributed by atoms with Gasteiger partial charge in [-0.2, -0.15) is 0 Å². The molecule has 1 unspecified atom stereocenters. The first-order chi connectivity index (χ1) is 15.0. The molecular weight excluding hydrogens is 414 g/mol. The highest BCUT2D eigenvalue weighted by atomic mass is 32.1. The second-order valence-corrected chi connectivity index (χ2v) is 8.55. The summed E-state index contributed by atoms with van der Waals surface area (Å²) in [6, 6.07) is 5.53. The molecule has 0 aliphatic heterocycles. The average molecular weight is 444 g/mol. The van der Waals surface area contributed by atoms with Gasteiger partial charge in [0.2, 0.25) is 5.91 Å². The maximum Gasteiger partial charge on any atom is 0.341 e. The minimum atomic E-state index is -0.404. The van der Waals surface area contributed by atoms with E-state index in [0.717, 1.165) is 35.3 Å². The molecule has 1 atom stereocenters. The van der Waals surface area contributed by atoms with Crippen LogP contribution in [0.3, 0.4) is 0 Å². The molecule has 1 amide bonds. The van der Waals surface area contributed by atoms with E-state index in [1.165, 1.54) is 24.5 Å². The number of carbonyl (C=O) groups is 2. The highest BCUT2D eigenvalue weighted by Gasteiger charge is 2.28. The number of hydrogen-bond acceptors (Lipinski definition) is 6. The van der Waals surface area contributed by atoms with Gasteiger partial charge in [-0.3, -0.25) is 4.79 Å². The largest absolute Gasteiger partial charge is 0.490 e. The maximum atomic E-state index is 12.6. The third-order valence-corrected chi connectivity index (χ3v) is 6.30. The number of fused-ring (bicyclic) bond motifs is 1. The van der Waals surface area contributed by atoms with Crippen LogP contribution in [0, 0.1) is 5.92 Å². The van der Waals surface area contributed by atoms with Gasteiger partial charge in [0.05, 0.1) is 25.9 Å². The molecule has 31 heavy (non-hydrogen) atoms. The summed E-state index contributed by atoms with van der Waals surface area (Å²) >= 11 is 1.47.